The molecule has 0 aliphatic rings. The molecule has 3 nitrogen and oxygen atoms in total. The first-order chi connectivity index (χ1) is 3.66. The molecular weight excluding hydrogens is 130 g/mol. The molecule has 8 heavy (non-hydrogen) atoms. The summed E-state index contributed by atoms with van der Waals surface area (Å²) in [5.41, 5.74) is 0.0409. The number of aliphatic carboxylic acids is 1. The van der Waals surface area contributed by atoms with E-state index in [1.54, 1.807) is 0 Å². The minimum atomic E-state index is -1.00. The zero-order valence-corrected chi connectivity index (χ0v) is 4.90. The highest BCUT2D eigenvalue weighted by molar-refractivity contribution is 6.29. The van der Waals surface area contributed by atoms with E-state index >= 15 is 0 Å². The fourth-order valence-corrected chi connectivity index (χ4v) is 0.324. The van der Waals surface area contributed by atoms with Gasteiger partial charge in [-0.05, 0) is 0 Å². The molecule has 0 fully saturated rings. The fraction of sp³-hybridized carbons (Fsp3) is 0.500. The van der Waals surface area contributed by atoms with Gasteiger partial charge in [-0.2, -0.15) is 0 Å². The summed E-state index contributed by atoms with van der Waals surface area (Å²) in [6.45, 7) is 0. The molecule has 0 bridgehead atoms. The number of carbonyl (C=O) groups is 1. The third kappa shape index (κ3) is 3.61. The van der Waals surface area contributed by atoms with Crippen molar-refractivity contribution in [2.45, 2.75) is 6.42 Å². The van der Waals surface area contributed by atoms with Gasteiger partial charge in [0.05, 0.1) is 12.3 Å². The molecule has 4 heteroatoms. The van der Waals surface area contributed by atoms with E-state index < -0.39 is 5.97 Å². The van der Waals surface area contributed by atoms with E-state index in [0.29, 0.717) is 0 Å². The molecule has 2 N–H and O–H groups in total. The Bertz CT molecular complexity index is 113. The normalized spacial score (nSPS) is 8.62. The lowest BCUT2D eigenvalue weighted by Gasteiger charge is -1.89. The van der Waals surface area contributed by atoms with Crippen molar-refractivity contribution in [3.63, 3.8) is 0 Å². The van der Waals surface area contributed by atoms with Crippen LogP contribution >= 0.6 is 11.6 Å². The molecule has 0 unspecified atom stereocenters. The quantitative estimate of drug-likeness (QED) is 0.443. The molecular formula is C4H6ClNO2. The Hall–Kier alpha value is -0.570. The van der Waals surface area contributed by atoms with Crippen LogP contribution in [0.5, 0.6) is 0 Å². The number of carboxylic acid groups (broad SMARTS) is 1. The summed E-state index contributed by atoms with van der Waals surface area (Å²) < 4.78 is 0. The van der Waals surface area contributed by atoms with Gasteiger partial charge >= 0.3 is 5.97 Å². The lowest BCUT2D eigenvalue weighted by Crippen LogP contribution is -2.05. The Kier molecular flexibility index (Phi) is 3.19. The second kappa shape index (κ2) is 3.43. The topological polar surface area (TPSA) is 61.2 Å². The van der Waals surface area contributed by atoms with Crippen molar-refractivity contribution in [1.29, 1.82) is 5.41 Å². The van der Waals surface area contributed by atoms with Gasteiger partial charge < -0.3 is 10.5 Å². The average molecular weight is 136 g/mol. The van der Waals surface area contributed by atoms with E-state index in [2.05, 4.69) is 0 Å². The third-order valence-corrected chi connectivity index (χ3v) is 0.849. The first kappa shape index (κ1) is 7.43. The van der Waals surface area contributed by atoms with Crippen molar-refractivity contribution >= 4 is 23.3 Å². The summed E-state index contributed by atoms with van der Waals surface area (Å²) in [6, 6.07) is 0. The number of hydrogen-bond acceptors (Lipinski definition) is 2. The second-order valence-corrected chi connectivity index (χ2v) is 1.57. The van der Waals surface area contributed by atoms with Gasteiger partial charge in [-0.25, -0.2) is 0 Å². The Balaban J connectivity index is 3.40. The maximum absolute atomic E-state index is 9.77. The van der Waals surface area contributed by atoms with Crippen LogP contribution in [0.1, 0.15) is 6.42 Å². The Morgan fingerprint density at radius 2 is 2.25 bits per heavy atom. The molecule has 0 rings (SSSR count). The predicted octanol–water partition coefficient (Wildman–Crippen LogP) is 0.720. The van der Waals surface area contributed by atoms with Crippen molar-refractivity contribution in [3.8, 4) is 0 Å². The van der Waals surface area contributed by atoms with Gasteiger partial charge in [0.25, 0.3) is 0 Å². The van der Waals surface area contributed by atoms with E-state index in [9.17, 15) is 4.79 Å². The Labute approximate surface area is 51.8 Å². The van der Waals surface area contributed by atoms with Crippen LogP contribution < -0.4 is 0 Å². The summed E-state index contributed by atoms with van der Waals surface area (Å²) in [5.74, 6) is -0.998. The van der Waals surface area contributed by atoms with E-state index in [0.717, 1.165) is 0 Å². The number of hydrogen-bond donors (Lipinski definition) is 2. The number of nitrogens with one attached hydrogen (secondary N) is 1. The highest BCUT2D eigenvalue weighted by Crippen LogP contribution is 1.85. The molecule has 0 saturated heterocycles. The molecule has 0 atom stereocenters. The molecule has 46 valence electrons. The Morgan fingerprint density at radius 3 is 2.38 bits per heavy atom. The molecule has 0 aliphatic carbocycles. The standard InChI is InChI=1S/C4H6ClNO2/c5-2-3(6)1-4(7)8/h6H,1-2H2,(H,7,8). The van der Waals surface area contributed by atoms with Crippen LogP contribution in [0.25, 0.3) is 0 Å². The minimum absolute atomic E-state index is 0.00625. The first-order valence-electron chi connectivity index (χ1n) is 2.01. The molecule has 0 spiro atoms. The summed E-state index contributed by atoms with van der Waals surface area (Å²) in [6.07, 6.45) is -0.247. The van der Waals surface area contributed by atoms with E-state index in [1.165, 1.54) is 0 Å². The van der Waals surface area contributed by atoms with Gasteiger partial charge in [0, 0.05) is 5.71 Å². The molecule has 0 heterocycles. The number of rotatable bonds is 3. The highest BCUT2D eigenvalue weighted by atomic mass is 35.5. The molecule has 0 aromatic heterocycles. The van der Waals surface area contributed by atoms with Gasteiger partial charge in [-0.3, -0.25) is 4.79 Å². The lowest BCUT2D eigenvalue weighted by atomic mass is 10.3. The summed E-state index contributed by atoms with van der Waals surface area (Å²) in [7, 11) is 0. The van der Waals surface area contributed by atoms with Crippen LogP contribution in [-0.4, -0.2) is 22.7 Å². The molecule has 0 aliphatic heterocycles. The van der Waals surface area contributed by atoms with Crippen molar-refractivity contribution in [2.24, 2.45) is 0 Å². The van der Waals surface area contributed by atoms with Gasteiger partial charge in [-0.1, -0.05) is 0 Å². The minimum Gasteiger partial charge on any atom is -0.481 e. The van der Waals surface area contributed by atoms with Crippen LogP contribution in [0.15, 0.2) is 0 Å². The number of halogens is 1. The van der Waals surface area contributed by atoms with E-state index in [1.807, 2.05) is 0 Å². The van der Waals surface area contributed by atoms with Crippen molar-refractivity contribution in [2.75, 3.05) is 5.88 Å². The number of carboxylic acids is 1. The monoisotopic (exact) mass is 135 g/mol. The van der Waals surface area contributed by atoms with Gasteiger partial charge in [0.1, 0.15) is 0 Å². The largest absolute Gasteiger partial charge is 0.481 e. The van der Waals surface area contributed by atoms with Crippen LogP contribution in [0.3, 0.4) is 0 Å². The fourth-order valence-electron chi connectivity index (χ4n) is 0.230. The molecule has 0 saturated carbocycles. The van der Waals surface area contributed by atoms with Crippen LogP contribution in [0, 0.1) is 5.41 Å². The maximum atomic E-state index is 9.77. The van der Waals surface area contributed by atoms with Crippen LogP contribution in [0.2, 0.25) is 0 Å². The predicted molar refractivity (Wildman–Crippen MR) is 30.7 cm³/mol. The Morgan fingerprint density at radius 1 is 1.75 bits per heavy atom. The molecule has 0 radical (unpaired) electrons. The van der Waals surface area contributed by atoms with E-state index in [4.69, 9.17) is 22.1 Å². The van der Waals surface area contributed by atoms with Crippen molar-refractivity contribution < 1.29 is 9.90 Å². The number of alkyl halides is 1. The zero-order chi connectivity index (χ0) is 6.57. The van der Waals surface area contributed by atoms with Gasteiger partial charge in [0.15, 0.2) is 0 Å². The third-order valence-electron chi connectivity index (χ3n) is 0.526. The zero-order valence-electron chi connectivity index (χ0n) is 4.15. The summed E-state index contributed by atoms with van der Waals surface area (Å²) in [5, 5.41) is 14.8. The SMILES string of the molecule is N=C(CCl)CC(=O)O. The van der Waals surface area contributed by atoms with E-state index in [-0.39, 0.29) is 18.0 Å². The highest BCUT2D eigenvalue weighted by Gasteiger charge is 1.99. The van der Waals surface area contributed by atoms with Crippen molar-refractivity contribution in [1.82, 2.24) is 0 Å². The molecule has 0 aromatic carbocycles. The van der Waals surface area contributed by atoms with Gasteiger partial charge in [-0.15, -0.1) is 11.6 Å². The average Bonchev–Trinajstić information content (AvgIpc) is 1.65. The molecule has 0 aromatic rings. The lowest BCUT2D eigenvalue weighted by molar-refractivity contribution is -0.135. The van der Waals surface area contributed by atoms with Gasteiger partial charge in [0.2, 0.25) is 0 Å². The molecule has 0 amide bonds. The van der Waals surface area contributed by atoms with Crippen LogP contribution in [0.4, 0.5) is 0 Å². The smallest absolute Gasteiger partial charge is 0.309 e. The maximum Gasteiger partial charge on any atom is 0.309 e. The van der Waals surface area contributed by atoms with Crippen molar-refractivity contribution in [3.05, 3.63) is 0 Å². The first-order valence-corrected chi connectivity index (χ1v) is 2.54. The van der Waals surface area contributed by atoms with Crippen LogP contribution in [-0.2, 0) is 4.79 Å². The summed E-state index contributed by atoms with van der Waals surface area (Å²) in [4.78, 5) is 9.77. The summed E-state index contributed by atoms with van der Waals surface area (Å²) >= 11 is 5.11. The second-order valence-electron chi connectivity index (χ2n) is 1.31.